The normalized spacial score (nSPS) is 13.0. The van der Waals surface area contributed by atoms with Gasteiger partial charge >= 0.3 is 0 Å². The smallest absolute Gasteiger partial charge is 0.0726 e. The number of anilines is 1. The van der Waals surface area contributed by atoms with Crippen molar-refractivity contribution in [3.05, 3.63) is 12.4 Å². The van der Waals surface area contributed by atoms with Gasteiger partial charge in [0.1, 0.15) is 0 Å². The molecule has 4 N–H and O–H groups in total. The number of hydrogen-bond acceptors (Lipinski definition) is 3. The van der Waals surface area contributed by atoms with E-state index < -0.39 is 0 Å². The minimum absolute atomic E-state index is 0.303. The fourth-order valence-electron chi connectivity index (χ4n) is 0.673. The summed E-state index contributed by atoms with van der Waals surface area (Å²) in [5.74, 6) is 0. The fourth-order valence-corrected chi connectivity index (χ4v) is 0.673. The zero-order valence-corrected chi connectivity index (χ0v) is 5.96. The summed E-state index contributed by atoms with van der Waals surface area (Å²) in [5, 5.41) is 9.64. The second-order valence-corrected chi connectivity index (χ2v) is 2.27. The molecule has 1 aromatic heterocycles. The Morgan fingerprint density at radius 2 is 2.70 bits per heavy atom. The van der Waals surface area contributed by atoms with Crippen LogP contribution in [0.2, 0.25) is 0 Å². The van der Waals surface area contributed by atoms with Gasteiger partial charge in [0.05, 0.1) is 11.9 Å². The van der Waals surface area contributed by atoms with E-state index >= 15 is 0 Å². The third-order valence-corrected chi connectivity index (χ3v) is 1.26. The first-order valence-corrected chi connectivity index (χ1v) is 3.28. The van der Waals surface area contributed by atoms with Gasteiger partial charge in [-0.1, -0.05) is 0 Å². The molecule has 4 heteroatoms. The van der Waals surface area contributed by atoms with Crippen LogP contribution < -0.4 is 11.1 Å². The van der Waals surface area contributed by atoms with E-state index in [2.05, 4.69) is 15.5 Å². The Balaban J connectivity index is 2.40. The van der Waals surface area contributed by atoms with Crippen LogP contribution >= 0.6 is 0 Å². The van der Waals surface area contributed by atoms with E-state index in [-0.39, 0.29) is 0 Å². The average Bonchev–Trinajstić information content (AvgIpc) is 2.40. The molecule has 1 atom stereocenters. The Bertz CT molecular complexity index is 170. The molecule has 0 saturated carbocycles. The predicted molar refractivity (Wildman–Crippen MR) is 40.7 cm³/mol. The van der Waals surface area contributed by atoms with Gasteiger partial charge in [-0.25, -0.2) is 0 Å². The molecule has 0 amide bonds. The van der Waals surface area contributed by atoms with Gasteiger partial charge in [-0.3, -0.25) is 5.10 Å². The third-order valence-electron chi connectivity index (χ3n) is 1.26. The quantitative estimate of drug-likeness (QED) is 0.560. The molecule has 0 aliphatic heterocycles. The minimum Gasteiger partial charge on any atom is -0.379 e. The number of nitrogens with zero attached hydrogens (tertiary/aromatic N) is 1. The van der Waals surface area contributed by atoms with Gasteiger partial charge in [-0.05, 0) is 6.92 Å². The number of rotatable bonds is 3. The van der Waals surface area contributed by atoms with Crippen molar-refractivity contribution >= 4 is 5.69 Å². The Hall–Kier alpha value is -1.03. The number of hydrogen-bond donors (Lipinski definition) is 3. The molecule has 10 heavy (non-hydrogen) atoms. The molecule has 0 radical (unpaired) electrons. The predicted octanol–water partition coefficient (Wildman–Crippen LogP) is 0.169. The topological polar surface area (TPSA) is 66.7 Å². The molecule has 1 unspecified atom stereocenters. The highest BCUT2D eigenvalue weighted by Gasteiger charge is 1.97. The van der Waals surface area contributed by atoms with Crippen LogP contribution in [0, 0.1) is 0 Å². The number of H-pyrrole nitrogens is 1. The third kappa shape index (κ3) is 1.73. The molecule has 0 aliphatic rings. The molecule has 0 bridgehead atoms. The van der Waals surface area contributed by atoms with Crippen LogP contribution in [0.15, 0.2) is 12.4 Å². The zero-order valence-electron chi connectivity index (χ0n) is 5.96. The average molecular weight is 140 g/mol. The lowest BCUT2D eigenvalue weighted by Crippen LogP contribution is -2.24. The first-order valence-electron chi connectivity index (χ1n) is 3.28. The van der Waals surface area contributed by atoms with E-state index in [0.29, 0.717) is 12.6 Å². The van der Waals surface area contributed by atoms with E-state index in [1.807, 2.05) is 6.92 Å². The summed E-state index contributed by atoms with van der Waals surface area (Å²) >= 11 is 0. The van der Waals surface area contributed by atoms with Crippen molar-refractivity contribution in [1.82, 2.24) is 10.2 Å². The van der Waals surface area contributed by atoms with Crippen LogP contribution in [-0.4, -0.2) is 22.8 Å². The van der Waals surface area contributed by atoms with Gasteiger partial charge in [0, 0.05) is 18.8 Å². The standard InChI is InChI=1S/C6H12N4/c1-5(2-7)10-6-3-8-9-4-6/h3-5,10H,2,7H2,1H3,(H,8,9). The van der Waals surface area contributed by atoms with Gasteiger partial charge in [0.25, 0.3) is 0 Å². The molecule has 1 rings (SSSR count). The molecular formula is C6H12N4. The lowest BCUT2D eigenvalue weighted by atomic mass is 10.3. The van der Waals surface area contributed by atoms with Crippen molar-refractivity contribution in [3.8, 4) is 0 Å². The van der Waals surface area contributed by atoms with E-state index in [1.165, 1.54) is 0 Å². The van der Waals surface area contributed by atoms with Gasteiger partial charge in [0.2, 0.25) is 0 Å². The van der Waals surface area contributed by atoms with Gasteiger partial charge in [0.15, 0.2) is 0 Å². The van der Waals surface area contributed by atoms with E-state index in [4.69, 9.17) is 5.73 Å². The Kier molecular flexibility index (Phi) is 2.28. The number of nitrogens with one attached hydrogen (secondary N) is 2. The second-order valence-electron chi connectivity index (χ2n) is 2.27. The summed E-state index contributed by atoms with van der Waals surface area (Å²) in [5.41, 5.74) is 6.38. The molecule has 0 fully saturated rings. The maximum Gasteiger partial charge on any atom is 0.0726 e. The molecule has 0 aliphatic carbocycles. The van der Waals surface area contributed by atoms with Crippen molar-refractivity contribution in [2.45, 2.75) is 13.0 Å². The lowest BCUT2D eigenvalue weighted by molar-refractivity contribution is 0.804. The minimum atomic E-state index is 0.303. The first-order chi connectivity index (χ1) is 4.83. The number of nitrogens with two attached hydrogens (primary N) is 1. The maximum atomic E-state index is 5.40. The highest BCUT2D eigenvalue weighted by atomic mass is 15.1. The van der Waals surface area contributed by atoms with Crippen LogP contribution in [-0.2, 0) is 0 Å². The monoisotopic (exact) mass is 140 g/mol. The Morgan fingerprint density at radius 1 is 1.90 bits per heavy atom. The number of aromatic nitrogens is 2. The van der Waals surface area contributed by atoms with Crippen molar-refractivity contribution in [1.29, 1.82) is 0 Å². The molecule has 0 saturated heterocycles. The highest BCUT2D eigenvalue weighted by molar-refractivity contribution is 5.38. The second kappa shape index (κ2) is 3.22. The van der Waals surface area contributed by atoms with Gasteiger partial charge in [-0.2, -0.15) is 5.10 Å². The lowest BCUT2D eigenvalue weighted by Gasteiger charge is -2.09. The van der Waals surface area contributed by atoms with Crippen molar-refractivity contribution < 1.29 is 0 Å². The molecule has 1 aromatic rings. The van der Waals surface area contributed by atoms with E-state index in [1.54, 1.807) is 12.4 Å². The molecule has 0 aromatic carbocycles. The van der Waals surface area contributed by atoms with Crippen LogP contribution in [0.25, 0.3) is 0 Å². The fraction of sp³-hybridized carbons (Fsp3) is 0.500. The van der Waals surface area contributed by atoms with E-state index in [9.17, 15) is 0 Å². The van der Waals surface area contributed by atoms with Crippen LogP contribution in [0.4, 0.5) is 5.69 Å². The molecule has 0 spiro atoms. The van der Waals surface area contributed by atoms with Crippen molar-refractivity contribution in [2.24, 2.45) is 5.73 Å². The SMILES string of the molecule is CC(CN)Nc1cn[nH]c1. The van der Waals surface area contributed by atoms with Crippen LogP contribution in [0.5, 0.6) is 0 Å². The first kappa shape index (κ1) is 7.08. The Labute approximate surface area is 59.8 Å². The molecule has 56 valence electrons. The summed E-state index contributed by atoms with van der Waals surface area (Å²) < 4.78 is 0. The maximum absolute atomic E-state index is 5.40. The largest absolute Gasteiger partial charge is 0.379 e. The summed E-state index contributed by atoms with van der Waals surface area (Å²) in [4.78, 5) is 0. The van der Waals surface area contributed by atoms with Crippen molar-refractivity contribution in [3.63, 3.8) is 0 Å². The highest BCUT2D eigenvalue weighted by Crippen LogP contribution is 2.01. The summed E-state index contributed by atoms with van der Waals surface area (Å²) in [6.07, 6.45) is 3.53. The Morgan fingerprint density at radius 3 is 3.20 bits per heavy atom. The molecular weight excluding hydrogens is 128 g/mol. The van der Waals surface area contributed by atoms with Crippen LogP contribution in [0.1, 0.15) is 6.92 Å². The molecule has 1 heterocycles. The zero-order chi connectivity index (χ0) is 7.40. The van der Waals surface area contributed by atoms with E-state index in [0.717, 1.165) is 5.69 Å². The van der Waals surface area contributed by atoms with Crippen molar-refractivity contribution in [2.75, 3.05) is 11.9 Å². The summed E-state index contributed by atoms with van der Waals surface area (Å²) in [7, 11) is 0. The summed E-state index contributed by atoms with van der Waals surface area (Å²) in [6, 6.07) is 0.303. The number of aromatic amines is 1. The molecule has 4 nitrogen and oxygen atoms in total. The van der Waals surface area contributed by atoms with Crippen LogP contribution in [0.3, 0.4) is 0 Å². The van der Waals surface area contributed by atoms with Gasteiger partial charge in [-0.15, -0.1) is 0 Å². The van der Waals surface area contributed by atoms with Gasteiger partial charge < -0.3 is 11.1 Å². The summed E-state index contributed by atoms with van der Waals surface area (Å²) in [6.45, 7) is 2.65.